The fourth-order valence-electron chi connectivity index (χ4n) is 3.40. The average Bonchev–Trinajstić information content (AvgIpc) is 3.47. The third-order valence-electron chi connectivity index (χ3n) is 5.07. The van der Waals surface area contributed by atoms with Crippen molar-refractivity contribution >= 4 is 12.2 Å². The SMILES string of the molecule is CC[NH+](Cc1ccccc1)Cn1nc(-c2ccccc2F)n(C2CC2)c1=S. The Balaban J connectivity index is 1.66. The number of rotatable bonds is 7. The van der Waals surface area contributed by atoms with Gasteiger partial charge >= 0.3 is 0 Å². The quantitative estimate of drug-likeness (QED) is 0.631. The molecule has 6 heteroatoms. The molecule has 140 valence electrons. The van der Waals surface area contributed by atoms with Gasteiger partial charge in [-0.25, -0.2) is 4.39 Å². The number of aromatic nitrogens is 3. The highest BCUT2D eigenvalue weighted by Crippen LogP contribution is 2.38. The van der Waals surface area contributed by atoms with E-state index in [0.717, 1.165) is 25.9 Å². The number of nitrogens with one attached hydrogen (secondary N) is 1. The maximum absolute atomic E-state index is 14.4. The van der Waals surface area contributed by atoms with Gasteiger partial charge in [0.25, 0.3) is 0 Å². The van der Waals surface area contributed by atoms with Crippen LogP contribution in [0.4, 0.5) is 4.39 Å². The fourth-order valence-corrected chi connectivity index (χ4v) is 3.74. The van der Waals surface area contributed by atoms with Crippen LogP contribution in [-0.4, -0.2) is 20.9 Å². The molecule has 1 unspecified atom stereocenters. The lowest BCUT2D eigenvalue weighted by atomic mass is 10.2. The van der Waals surface area contributed by atoms with Crippen molar-refractivity contribution in [1.29, 1.82) is 0 Å². The normalized spacial score (nSPS) is 15.0. The number of halogens is 1. The molecule has 0 saturated heterocycles. The van der Waals surface area contributed by atoms with E-state index in [9.17, 15) is 4.39 Å². The topological polar surface area (TPSA) is 27.2 Å². The first-order valence-electron chi connectivity index (χ1n) is 9.49. The molecule has 1 aliphatic carbocycles. The first-order valence-corrected chi connectivity index (χ1v) is 9.90. The van der Waals surface area contributed by atoms with E-state index in [1.807, 2.05) is 21.4 Å². The van der Waals surface area contributed by atoms with E-state index in [2.05, 4.69) is 31.2 Å². The van der Waals surface area contributed by atoms with Crippen molar-refractivity contribution in [3.8, 4) is 11.4 Å². The number of nitrogens with zero attached hydrogens (tertiary/aromatic N) is 3. The van der Waals surface area contributed by atoms with E-state index >= 15 is 0 Å². The van der Waals surface area contributed by atoms with Crippen molar-refractivity contribution in [2.75, 3.05) is 6.54 Å². The van der Waals surface area contributed by atoms with Gasteiger partial charge in [0, 0.05) is 11.6 Å². The zero-order chi connectivity index (χ0) is 18.8. The first-order chi connectivity index (χ1) is 13.2. The molecule has 1 N–H and O–H groups in total. The summed E-state index contributed by atoms with van der Waals surface area (Å²) in [6.07, 6.45) is 2.16. The summed E-state index contributed by atoms with van der Waals surface area (Å²) in [5.74, 6) is 0.395. The predicted molar refractivity (Wildman–Crippen MR) is 106 cm³/mol. The van der Waals surface area contributed by atoms with E-state index in [0.29, 0.717) is 28.9 Å². The third kappa shape index (κ3) is 3.87. The minimum Gasteiger partial charge on any atom is -0.313 e. The van der Waals surface area contributed by atoms with Crippen LogP contribution in [0.3, 0.4) is 0 Å². The molecule has 0 bridgehead atoms. The summed E-state index contributed by atoms with van der Waals surface area (Å²) in [6, 6.07) is 17.6. The Labute approximate surface area is 163 Å². The summed E-state index contributed by atoms with van der Waals surface area (Å²) >= 11 is 5.73. The van der Waals surface area contributed by atoms with Gasteiger partial charge in [-0.3, -0.25) is 4.57 Å². The van der Waals surface area contributed by atoms with Crippen LogP contribution in [0.5, 0.6) is 0 Å². The lowest BCUT2D eigenvalue weighted by Crippen LogP contribution is -3.09. The first kappa shape index (κ1) is 18.1. The van der Waals surface area contributed by atoms with Crippen molar-refractivity contribution in [2.45, 2.75) is 39.0 Å². The third-order valence-corrected chi connectivity index (χ3v) is 5.48. The minimum atomic E-state index is -0.254. The summed E-state index contributed by atoms with van der Waals surface area (Å²) < 4.78 is 19.0. The van der Waals surface area contributed by atoms with E-state index < -0.39 is 0 Å². The zero-order valence-corrected chi connectivity index (χ0v) is 16.3. The van der Waals surface area contributed by atoms with Crippen LogP contribution in [0.1, 0.15) is 31.4 Å². The van der Waals surface area contributed by atoms with Gasteiger partial charge in [-0.15, -0.1) is 5.10 Å². The highest BCUT2D eigenvalue weighted by Gasteiger charge is 2.30. The molecule has 0 aliphatic heterocycles. The fraction of sp³-hybridized carbons (Fsp3) is 0.333. The summed E-state index contributed by atoms with van der Waals surface area (Å²) in [5, 5.41) is 4.75. The largest absolute Gasteiger partial charge is 0.313 e. The van der Waals surface area contributed by atoms with Crippen LogP contribution in [-0.2, 0) is 13.2 Å². The number of benzene rings is 2. The van der Waals surface area contributed by atoms with Gasteiger partial charge < -0.3 is 4.90 Å². The van der Waals surface area contributed by atoms with Crippen LogP contribution in [0.2, 0.25) is 0 Å². The van der Waals surface area contributed by atoms with Crippen LogP contribution in [0.25, 0.3) is 11.4 Å². The van der Waals surface area contributed by atoms with Crippen molar-refractivity contribution in [3.05, 3.63) is 70.7 Å². The Bertz CT molecular complexity index is 975. The number of hydrogen-bond acceptors (Lipinski definition) is 2. The highest BCUT2D eigenvalue weighted by molar-refractivity contribution is 7.71. The van der Waals surface area contributed by atoms with Crippen LogP contribution in [0.15, 0.2) is 54.6 Å². The molecular weight excluding hydrogens is 359 g/mol. The van der Waals surface area contributed by atoms with Gasteiger partial charge in [-0.1, -0.05) is 42.5 Å². The van der Waals surface area contributed by atoms with Crippen molar-refractivity contribution in [3.63, 3.8) is 0 Å². The van der Waals surface area contributed by atoms with E-state index in [4.69, 9.17) is 17.3 Å². The molecule has 27 heavy (non-hydrogen) atoms. The number of quaternary nitrogens is 1. The molecule has 0 spiro atoms. The van der Waals surface area contributed by atoms with E-state index in [1.165, 1.54) is 16.5 Å². The van der Waals surface area contributed by atoms with Gasteiger partial charge in [0.15, 0.2) is 12.5 Å². The Morgan fingerprint density at radius 3 is 2.48 bits per heavy atom. The second kappa shape index (κ2) is 7.74. The maximum Gasteiger partial charge on any atom is 0.203 e. The zero-order valence-electron chi connectivity index (χ0n) is 15.4. The smallest absolute Gasteiger partial charge is 0.203 e. The summed E-state index contributed by atoms with van der Waals surface area (Å²) in [6.45, 7) is 4.70. The molecule has 2 aromatic carbocycles. The monoisotopic (exact) mass is 383 g/mol. The minimum absolute atomic E-state index is 0.254. The molecule has 0 amide bonds. The van der Waals surface area contributed by atoms with Crippen molar-refractivity contribution < 1.29 is 9.29 Å². The van der Waals surface area contributed by atoms with Crippen molar-refractivity contribution in [1.82, 2.24) is 14.3 Å². The number of hydrogen-bond donors (Lipinski definition) is 1. The Hall–Kier alpha value is -2.31. The molecule has 1 saturated carbocycles. The molecule has 4 rings (SSSR count). The molecule has 1 atom stereocenters. The molecule has 1 heterocycles. The molecule has 3 aromatic rings. The highest BCUT2D eigenvalue weighted by atomic mass is 32.1. The van der Waals surface area contributed by atoms with Crippen LogP contribution >= 0.6 is 12.2 Å². The van der Waals surface area contributed by atoms with Gasteiger partial charge in [-0.2, -0.15) is 4.68 Å². The van der Waals surface area contributed by atoms with E-state index in [1.54, 1.807) is 12.1 Å². The Kier molecular flexibility index (Phi) is 5.18. The summed E-state index contributed by atoms with van der Waals surface area (Å²) in [4.78, 5) is 1.36. The van der Waals surface area contributed by atoms with Crippen molar-refractivity contribution in [2.24, 2.45) is 0 Å². The predicted octanol–water partition coefficient (Wildman–Crippen LogP) is 3.62. The second-order valence-electron chi connectivity index (χ2n) is 7.11. The average molecular weight is 384 g/mol. The molecule has 1 aromatic heterocycles. The summed E-state index contributed by atoms with van der Waals surface area (Å²) in [5.41, 5.74) is 1.81. The molecule has 1 aliphatic rings. The standard InChI is InChI=1S/C21H23FN4S/c1-2-24(14-16-8-4-3-5-9-16)15-25-21(27)26(17-12-13-17)20(23-25)18-10-6-7-11-19(18)22/h3-11,17H,2,12-15H2,1H3/p+1. The van der Waals surface area contributed by atoms with E-state index in [-0.39, 0.29) is 5.82 Å². The molecule has 1 fully saturated rings. The van der Waals surface area contributed by atoms with Crippen LogP contribution in [0, 0.1) is 10.6 Å². The molecule has 4 nitrogen and oxygen atoms in total. The Morgan fingerprint density at radius 1 is 1.11 bits per heavy atom. The molecule has 0 radical (unpaired) electrons. The lowest BCUT2D eigenvalue weighted by Gasteiger charge is -2.17. The molecular formula is C21H24FN4S+. The van der Waals surface area contributed by atoms with Gasteiger partial charge in [-0.05, 0) is 44.1 Å². The lowest BCUT2D eigenvalue weighted by molar-refractivity contribution is -0.935. The second-order valence-corrected chi connectivity index (χ2v) is 7.48. The summed E-state index contributed by atoms with van der Waals surface area (Å²) in [7, 11) is 0. The van der Waals surface area contributed by atoms with Gasteiger partial charge in [0.1, 0.15) is 12.4 Å². The maximum atomic E-state index is 14.4. The van der Waals surface area contributed by atoms with Gasteiger partial charge in [0.05, 0.1) is 12.1 Å². The Morgan fingerprint density at radius 2 is 1.81 bits per heavy atom. The van der Waals surface area contributed by atoms with Gasteiger partial charge in [0.2, 0.25) is 4.77 Å². The van der Waals surface area contributed by atoms with Crippen LogP contribution < -0.4 is 4.90 Å².